The highest BCUT2D eigenvalue weighted by Crippen LogP contribution is 2.19. The molecule has 3 N–H and O–H groups in total. The lowest BCUT2D eigenvalue weighted by atomic mass is 10.2. The molecule has 2 aromatic rings. The number of likely N-dealkylation sites (N-methyl/N-ethyl adjacent to an activating group) is 1. The van der Waals surface area contributed by atoms with Gasteiger partial charge in [0.1, 0.15) is 11.6 Å². The molecule has 1 amide bonds. The molecule has 0 saturated heterocycles. The average Bonchev–Trinajstić information content (AvgIpc) is 2.69. The number of nitrogen functional groups attached to an aromatic ring is 1. The van der Waals surface area contributed by atoms with Crippen LogP contribution in [0.5, 0.6) is 0 Å². The van der Waals surface area contributed by atoms with E-state index in [0.29, 0.717) is 18.5 Å². The van der Waals surface area contributed by atoms with E-state index in [9.17, 15) is 18.8 Å². The molecular formula is C22H32FN5O3. The van der Waals surface area contributed by atoms with Crippen LogP contribution in [0.4, 0.5) is 15.9 Å². The van der Waals surface area contributed by atoms with E-state index in [-0.39, 0.29) is 48.8 Å². The van der Waals surface area contributed by atoms with Crippen molar-refractivity contribution in [1.29, 1.82) is 0 Å². The molecule has 0 fully saturated rings. The van der Waals surface area contributed by atoms with Crippen LogP contribution in [0.15, 0.2) is 33.9 Å². The number of aromatic nitrogens is 2. The van der Waals surface area contributed by atoms with Gasteiger partial charge in [-0.2, -0.15) is 0 Å². The minimum Gasteiger partial charge on any atom is -0.383 e. The Labute approximate surface area is 181 Å². The SMILES string of the molecule is CCCCN(C(=O)CN(C)Cc1ccccc1F)c1c(N)n(CC(C)C)c(=O)[nH]c1=O. The lowest BCUT2D eigenvalue weighted by Crippen LogP contribution is -2.45. The molecule has 0 unspecified atom stereocenters. The Hall–Kier alpha value is -2.94. The summed E-state index contributed by atoms with van der Waals surface area (Å²) in [5.74, 6) is -0.598. The van der Waals surface area contributed by atoms with Gasteiger partial charge in [0, 0.05) is 25.2 Å². The van der Waals surface area contributed by atoms with Gasteiger partial charge in [-0.3, -0.25) is 24.0 Å². The van der Waals surface area contributed by atoms with Crippen LogP contribution in [-0.4, -0.2) is 40.5 Å². The Morgan fingerprint density at radius 2 is 1.94 bits per heavy atom. The smallest absolute Gasteiger partial charge is 0.330 e. The second-order valence-corrected chi connectivity index (χ2v) is 8.16. The highest BCUT2D eigenvalue weighted by Gasteiger charge is 2.25. The predicted octanol–water partition coefficient (Wildman–Crippen LogP) is 2.18. The third-order valence-electron chi connectivity index (χ3n) is 4.87. The van der Waals surface area contributed by atoms with Crippen molar-refractivity contribution < 1.29 is 9.18 Å². The average molecular weight is 434 g/mol. The fraction of sp³-hybridized carbons (Fsp3) is 0.500. The molecule has 0 radical (unpaired) electrons. The number of carbonyl (C=O) groups is 1. The van der Waals surface area contributed by atoms with Crippen molar-refractivity contribution in [2.24, 2.45) is 5.92 Å². The molecule has 0 atom stereocenters. The van der Waals surface area contributed by atoms with Gasteiger partial charge in [0.25, 0.3) is 5.56 Å². The van der Waals surface area contributed by atoms with Crippen LogP contribution in [0.25, 0.3) is 0 Å². The monoisotopic (exact) mass is 433 g/mol. The van der Waals surface area contributed by atoms with Crippen LogP contribution in [-0.2, 0) is 17.9 Å². The van der Waals surface area contributed by atoms with Crippen molar-refractivity contribution in [2.45, 2.75) is 46.7 Å². The zero-order valence-electron chi connectivity index (χ0n) is 18.7. The van der Waals surface area contributed by atoms with Gasteiger partial charge in [-0.1, -0.05) is 45.4 Å². The summed E-state index contributed by atoms with van der Waals surface area (Å²) in [7, 11) is 1.70. The first kappa shape index (κ1) is 24.3. The van der Waals surface area contributed by atoms with Gasteiger partial charge in [-0.05, 0) is 25.5 Å². The van der Waals surface area contributed by atoms with Crippen molar-refractivity contribution in [3.8, 4) is 0 Å². The normalized spacial score (nSPS) is 11.3. The maximum Gasteiger partial charge on any atom is 0.330 e. The van der Waals surface area contributed by atoms with Gasteiger partial charge in [0.15, 0.2) is 5.69 Å². The molecule has 0 aliphatic rings. The number of hydrogen-bond donors (Lipinski definition) is 2. The molecule has 0 aliphatic heterocycles. The quantitative estimate of drug-likeness (QED) is 0.598. The fourth-order valence-corrected chi connectivity index (χ4v) is 3.35. The molecule has 1 aromatic heterocycles. The third-order valence-corrected chi connectivity index (χ3v) is 4.87. The first-order valence-corrected chi connectivity index (χ1v) is 10.5. The van der Waals surface area contributed by atoms with Crippen LogP contribution >= 0.6 is 0 Å². The number of benzene rings is 1. The predicted molar refractivity (Wildman–Crippen MR) is 121 cm³/mol. The molecule has 170 valence electrons. The fourth-order valence-electron chi connectivity index (χ4n) is 3.35. The number of nitrogens with one attached hydrogen (secondary N) is 1. The zero-order chi connectivity index (χ0) is 23.1. The summed E-state index contributed by atoms with van der Waals surface area (Å²) in [6.45, 7) is 6.62. The number of rotatable bonds is 10. The molecule has 8 nitrogen and oxygen atoms in total. The van der Waals surface area contributed by atoms with E-state index >= 15 is 0 Å². The number of halogens is 1. The highest BCUT2D eigenvalue weighted by atomic mass is 19.1. The maximum atomic E-state index is 14.0. The topological polar surface area (TPSA) is 104 Å². The summed E-state index contributed by atoms with van der Waals surface area (Å²) in [5.41, 5.74) is 5.37. The first-order valence-electron chi connectivity index (χ1n) is 10.5. The van der Waals surface area contributed by atoms with E-state index < -0.39 is 11.2 Å². The molecule has 31 heavy (non-hydrogen) atoms. The number of H-pyrrole nitrogens is 1. The Morgan fingerprint density at radius 3 is 2.55 bits per heavy atom. The Kier molecular flexibility index (Phi) is 8.56. The lowest BCUT2D eigenvalue weighted by molar-refractivity contribution is -0.119. The summed E-state index contributed by atoms with van der Waals surface area (Å²) in [5, 5.41) is 0. The van der Waals surface area contributed by atoms with Crippen LogP contribution in [0, 0.1) is 11.7 Å². The summed E-state index contributed by atoms with van der Waals surface area (Å²) < 4.78 is 15.2. The molecule has 2 rings (SSSR count). The maximum absolute atomic E-state index is 14.0. The van der Waals surface area contributed by atoms with E-state index in [0.717, 1.165) is 6.42 Å². The van der Waals surface area contributed by atoms with E-state index in [1.165, 1.54) is 15.5 Å². The number of carbonyl (C=O) groups excluding carboxylic acids is 1. The molecule has 1 aromatic carbocycles. The summed E-state index contributed by atoms with van der Waals surface area (Å²) in [6.07, 6.45) is 1.46. The van der Waals surface area contributed by atoms with E-state index in [1.807, 2.05) is 20.8 Å². The van der Waals surface area contributed by atoms with Crippen molar-refractivity contribution in [3.63, 3.8) is 0 Å². The molecular weight excluding hydrogens is 401 g/mol. The number of anilines is 2. The van der Waals surface area contributed by atoms with Gasteiger partial charge in [0.2, 0.25) is 5.91 Å². The molecule has 0 bridgehead atoms. The van der Waals surface area contributed by atoms with E-state index in [4.69, 9.17) is 5.73 Å². The van der Waals surface area contributed by atoms with Crippen molar-refractivity contribution >= 4 is 17.4 Å². The number of aromatic amines is 1. The molecule has 1 heterocycles. The number of unbranched alkanes of at least 4 members (excludes halogenated alkanes) is 1. The molecule has 9 heteroatoms. The molecule has 0 saturated carbocycles. The summed E-state index contributed by atoms with van der Waals surface area (Å²) >= 11 is 0. The minimum atomic E-state index is -0.691. The van der Waals surface area contributed by atoms with Crippen LogP contribution in [0.2, 0.25) is 0 Å². The van der Waals surface area contributed by atoms with Crippen LogP contribution in [0.1, 0.15) is 39.2 Å². The van der Waals surface area contributed by atoms with E-state index in [2.05, 4.69) is 4.98 Å². The van der Waals surface area contributed by atoms with Gasteiger partial charge in [-0.25, -0.2) is 9.18 Å². The van der Waals surface area contributed by atoms with Gasteiger partial charge in [0.05, 0.1) is 6.54 Å². The highest BCUT2D eigenvalue weighted by molar-refractivity contribution is 5.96. The largest absolute Gasteiger partial charge is 0.383 e. The van der Waals surface area contributed by atoms with Gasteiger partial charge < -0.3 is 10.6 Å². The number of nitrogens with two attached hydrogens (primary N) is 1. The van der Waals surface area contributed by atoms with Gasteiger partial charge in [-0.15, -0.1) is 0 Å². The third kappa shape index (κ3) is 6.27. The van der Waals surface area contributed by atoms with Crippen LogP contribution in [0.3, 0.4) is 0 Å². The summed E-state index contributed by atoms with van der Waals surface area (Å²) in [4.78, 5) is 43.3. The summed E-state index contributed by atoms with van der Waals surface area (Å²) in [6, 6.07) is 6.38. The number of hydrogen-bond acceptors (Lipinski definition) is 5. The Bertz CT molecular complexity index is 1010. The number of nitrogens with zero attached hydrogens (tertiary/aromatic N) is 3. The minimum absolute atomic E-state index is 0.0157. The Morgan fingerprint density at radius 1 is 1.26 bits per heavy atom. The molecule has 0 aliphatic carbocycles. The second kappa shape index (κ2) is 10.9. The van der Waals surface area contributed by atoms with Crippen molar-refractivity contribution in [2.75, 3.05) is 30.8 Å². The lowest BCUT2D eigenvalue weighted by Gasteiger charge is -2.27. The van der Waals surface area contributed by atoms with E-state index in [1.54, 1.807) is 30.1 Å². The second-order valence-electron chi connectivity index (χ2n) is 8.16. The van der Waals surface area contributed by atoms with Gasteiger partial charge >= 0.3 is 5.69 Å². The van der Waals surface area contributed by atoms with Crippen molar-refractivity contribution in [3.05, 3.63) is 56.5 Å². The zero-order valence-corrected chi connectivity index (χ0v) is 18.7. The molecule has 0 spiro atoms. The van der Waals surface area contributed by atoms with Crippen LogP contribution < -0.4 is 21.9 Å². The standard InChI is InChI=1S/C22H32FN5O3/c1-5-6-11-27(18(29)14-26(4)13-16-9-7-8-10-17(16)23)19-20(24)28(12-15(2)3)22(31)25-21(19)30/h7-10,15H,5-6,11-14,24H2,1-4H3,(H,25,30,31). The Balaban J connectivity index is 2.34. The van der Waals surface area contributed by atoms with Crippen molar-refractivity contribution in [1.82, 2.24) is 14.5 Å². The number of amides is 1. The first-order chi connectivity index (χ1) is 14.6.